The van der Waals surface area contributed by atoms with E-state index in [0.717, 1.165) is 0 Å². The summed E-state index contributed by atoms with van der Waals surface area (Å²) < 4.78 is 12.0. The lowest BCUT2D eigenvalue weighted by atomic mass is 9.87. The van der Waals surface area contributed by atoms with Gasteiger partial charge in [-0.15, -0.1) is 0 Å². The summed E-state index contributed by atoms with van der Waals surface area (Å²) in [5.74, 6) is -0.0665. The van der Waals surface area contributed by atoms with Crippen molar-refractivity contribution in [1.29, 1.82) is 0 Å². The third kappa shape index (κ3) is 5.51. The minimum atomic E-state index is -1.91. The van der Waals surface area contributed by atoms with E-state index in [1.165, 1.54) is 0 Å². The molecule has 0 aromatic heterocycles. The molecule has 1 aliphatic heterocycles. The molecule has 1 fully saturated rings. The Balaban J connectivity index is 2.75. The number of hydrogen-bond donors (Lipinski definition) is 1. The van der Waals surface area contributed by atoms with Gasteiger partial charge in [0, 0.05) is 23.9 Å². The Morgan fingerprint density at radius 3 is 2.42 bits per heavy atom. The maximum atomic E-state index is 11.4. The summed E-state index contributed by atoms with van der Waals surface area (Å²) in [4.78, 5) is 11.0. The first-order chi connectivity index (χ1) is 10.9. The Labute approximate surface area is 147 Å². The van der Waals surface area contributed by atoms with Gasteiger partial charge in [-0.1, -0.05) is 34.6 Å². The Morgan fingerprint density at radius 2 is 1.96 bits per heavy atom. The Bertz CT molecular complexity index is 422. The molecule has 0 amide bonds. The molecular formula is C17H35NO5Si. The number of ether oxygens (including phenoxy) is 1. The Hall–Kier alpha value is -0.503. The van der Waals surface area contributed by atoms with Crippen LogP contribution in [0.1, 0.15) is 47.5 Å². The fraction of sp³-hybridized carbons (Fsp3) is 1.00. The van der Waals surface area contributed by atoms with E-state index >= 15 is 0 Å². The van der Waals surface area contributed by atoms with E-state index in [1.54, 1.807) is 0 Å². The fourth-order valence-electron chi connectivity index (χ4n) is 2.85. The summed E-state index contributed by atoms with van der Waals surface area (Å²) in [5, 5.41) is 22.1. The van der Waals surface area contributed by atoms with E-state index in [0.29, 0.717) is 26.1 Å². The molecule has 1 saturated heterocycles. The molecule has 0 saturated carbocycles. The average molecular weight is 362 g/mol. The standard InChI is InChI=1S/C17H35NO5Si/c1-12(2)10-14(18(20)21)16(19)13-8-9-22-15(13)11-23-24(6,7)17(3,4)5/h12-16,19H,8-11H2,1-7H3/t13-,14+,15+,16+/m1/s1. The van der Waals surface area contributed by atoms with E-state index in [4.69, 9.17) is 9.16 Å². The van der Waals surface area contributed by atoms with Crippen LogP contribution in [-0.2, 0) is 9.16 Å². The van der Waals surface area contributed by atoms with Gasteiger partial charge in [0.25, 0.3) is 0 Å². The highest BCUT2D eigenvalue weighted by atomic mass is 28.4. The van der Waals surface area contributed by atoms with Crippen LogP contribution in [0, 0.1) is 22.0 Å². The van der Waals surface area contributed by atoms with Crippen LogP contribution < -0.4 is 0 Å². The third-order valence-corrected chi connectivity index (χ3v) is 9.99. The maximum absolute atomic E-state index is 11.4. The highest BCUT2D eigenvalue weighted by Crippen LogP contribution is 2.37. The molecule has 6 nitrogen and oxygen atoms in total. The van der Waals surface area contributed by atoms with Gasteiger partial charge in [0.2, 0.25) is 6.04 Å². The first-order valence-electron chi connectivity index (χ1n) is 8.94. The van der Waals surface area contributed by atoms with Crippen molar-refractivity contribution in [2.24, 2.45) is 11.8 Å². The molecule has 142 valence electrons. The molecule has 0 bridgehead atoms. The zero-order valence-electron chi connectivity index (χ0n) is 16.2. The van der Waals surface area contributed by atoms with Gasteiger partial charge in [0.05, 0.1) is 12.7 Å². The Morgan fingerprint density at radius 1 is 1.38 bits per heavy atom. The highest BCUT2D eigenvalue weighted by Gasteiger charge is 2.44. The molecule has 7 heteroatoms. The minimum absolute atomic E-state index is 0.0979. The molecule has 4 atom stereocenters. The van der Waals surface area contributed by atoms with Crippen molar-refractivity contribution in [3.05, 3.63) is 10.1 Å². The van der Waals surface area contributed by atoms with Gasteiger partial charge >= 0.3 is 0 Å². The molecule has 0 spiro atoms. The molecule has 0 radical (unpaired) electrons. The van der Waals surface area contributed by atoms with Crippen molar-refractivity contribution in [3.63, 3.8) is 0 Å². The Kier molecular flexibility index (Phi) is 7.40. The van der Waals surface area contributed by atoms with Crippen molar-refractivity contribution in [2.75, 3.05) is 13.2 Å². The number of hydrogen-bond acceptors (Lipinski definition) is 5. The summed E-state index contributed by atoms with van der Waals surface area (Å²) in [7, 11) is -1.91. The molecule has 1 N–H and O–H groups in total. The first-order valence-corrected chi connectivity index (χ1v) is 11.8. The highest BCUT2D eigenvalue weighted by molar-refractivity contribution is 6.74. The van der Waals surface area contributed by atoms with E-state index in [9.17, 15) is 15.2 Å². The molecule has 24 heavy (non-hydrogen) atoms. The summed E-state index contributed by atoms with van der Waals surface area (Å²) in [6.45, 7) is 15.7. The molecule has 0 aromatic rings. The SMILES string of the molecule is CC(C)C[C@@H]([C@@H](O)[C@@H]1CCO[C@H]1CO[Si](C)(C)C(C)(C)C)[N+](=O)[O-]. The lowest BCUT2D eigenvalue weighted by Crippen LogP contribution is -2.47. The van der Waals surface area contributed by atoms with Crippen LogP contribution in [-0.4, -0.2) is 49.8 Å². The second kappa shape index (κ2) is 8.25. The molecular weight excluding hydrogens is 326 g/mol. The van der Waals surface area contributed by atoms with Gasteiger partial charge in [-0.25, -0.2) is 0 Å². The maximum Gasteiger partial charge on any atom is 0.239 e. The predicted octanol–water partition coefficient (Wildman–Crippen LogP) is 3.47. The minimum Gasteiger partial charge on any atom is -0.414 e. The summed E-state index contributed by atoms with van der Waals surface area (Å²) in [6.07, 6.45) is -0.225. The van der Waals surface area contributed by atoms with Crippen molar-refractivity contribution >= 4 is 8.32 Å². The van der Waals surface area contributed by atoms with Crippen LogP contribution in [0.4, 0.5) is 0 Å². The second-order valence-corrected chi connectivity index (χ2v) is 13.7. The van der Waals surface area contributed by atoms with Crippen LogP contribution in [0.5, 0.6) is 0 Å². The van der Waals surface area contributed by atoms with Gasteiger partial charge in [0.15, 0.2) is 8.32 Å². The smallest absolute Gasteiger partial charge is 0.239 e. The quantitative estimate of drug-likeness (QED) is 0.407. The molecule has 0 aliphatic carbocycles. The van der Waals surface area contributed by atoms with Crippen LogP contribution >= 0.6 is 0 Å². The second-order valence-electron chi connectivity index (χ2n) is 8.91. The lowest BCUT2D eigenvalue weighted by Gasteiger charge is -2.37. The molecule has 0 aromatic carbocycles. The normalized spacial score (nSPS) is 25.0. The fourth-order valence-corrected chi connectivity index (χ4v) is 3.87. The number of aliphatic hydroxyl groups is 1. The monoisotopic (exact) mass is 361 g/mol. The van der Waals surface area contributed by atoms with Gasteiger partial charge in [-0.2, -0.15) is 0 Å². The number of rotatable bonds is 8. The van der Waals surface area contributed by atoms with Gasteiger partial charge < -0.3 is 14.3 Å². The lowest BCUT2D eigenvalue weighted by molar-refractivity contribution is -0.539. The van der Waals surface area contributed by atoms with E-state index in [2.05, 4.69) is 33.9 Å². The van der Waals surface area contributed by atoms with E-state index < -0.39 is 20.5 Å². The van der Waals surface area contributed by atoms with Gasteiger partial charge in [0.1, 0.15) is 6.10 Å². The van der Waals surface area contributed by atoms with Gasteiger partial charge in [-0.05, 0) is 30.5 Å². The van der Waals surface area contributed by atoms with Crippen LogP contribution in [0.25, 0.3) is 0 Å². The third-order valence-electron chi connectivity index (χ3n) is 5.49. The first kappa shape index (κ1) is 21.5. The van der Waals surface area contributed by atoms with E-state index in [-0.39, 0.29) is 27.9 Å². The van der Waals surface area contributed by atoms with E-state index in [1.807, 2.05) is 13.8 Å². The topological polar surface area (TPSA) is 81.8 Å². The molecule has 1 heterocycles. The predicted molar refractivity (Wildman–Crippen MR) is 97.2 cm³/mol. The average Bonchev–Trinajstić information content (AvgIpc) is 2.88. The molecule has 1 rings (SSSR count). The van der Waals surface area contributed by atoms with Crippen LogP contribution in [0.3, 0.4) is 0 Å². The number of aliphatic hydroxyl groups excluding tert-OH is 1. The van der Waals surface area contributed by atoms with Crippen LogP contribution in [0.2, 0.25) is 18.1 Å². The van der Waals surface area contributed by atoms with Gasteiger partial charge in [-0.3, -0.25) is 10.1 Å². The molecule has 1 aliphatic rings. The number of nitro groups is 1. The number of nitrogens with zero attached hydrogens (tertiary/aromatic N) is 1. The molecule has 0 unspecified atom stereocenters. The summed E-state index contributed by atoms with van der Waals surface area (Å²) in [6, 6.07) is -0.938. The zero-order valence-corrected chi connectivity index (χ0v) is 17.2. The van der Waals surface area contributed by atoms with Crippen molar-refractivity contribution in [1.82, 2.24) is 0 Å². The van der Waals surface area contributed by atoms with Crippen molar-refractivity contribution in [2.45, 2.75) is 83.8 Å². The van der Waals surface area contributed by atoms with Crippen molar-refractivity contribution < 1.29 is 19.2 Å². The largest absolute Gasteiger partial charge is 0.414 e. The van der Waals surface area contributed by atoms with Crippen molar-refractivity contribution in [3.8, 4) is 0 Å². The summed E-state index contributed by atoms with van der Waals surface area (Å²) in [5.41, 5.74) is 0. The zero-order chi connectivity index (χ0) is 18.7. The summed E-state index contributed by atoms with van der Waals surface area (Å²) >= 11 is 0. The van der Waals surface area contributed by atoms with Crippen LogP contribution in [0.15, 0.2) is 0 Å².